The largest absolute Gasteiger partial charge is 0.381 e. The minimum atomic E-state index is 0.282. The number of halogens is 1. The third-order valence-corrected chi connectivity index (χ3v) is 4.26. The average molecular weight is 263 g/mol. The first-order chi connectivity index (χ1) is 8.53. The number of hydrogen-bond donors (Lipinski definition) is 1. The summed E-state index contributed by atoms with van der Waals surface area (Å²) in [4.78, 5) is 0. The lowest BCUT2D eigenvalue weighted by Crippen LogP contribution is -2.39. The minimum absolute atomic E-state index is 0.282. The first-order valence-corrected chi connectivity index (χ1v) is 6.87. The fraction of sp³-hybridized carbons (Fsp3) is 0.533. The van der Waals surface area contributed by atoms with E-state index < -0.39 is 0 Å². The van der Waals surface area contributed by atoms with Crippen molar-refractivity contribution in [1.82, 2.24) is 0 Å². The van der Waals surface area contributed by atoms with Gasteiger partial charge in [0.15, 0.2) is 0 Å². The van der Waals surface area contributed by atoms with E-state index in [1.807, 2.05) is 6.07 Å². The molecule has 0 amide bonds. The van der Waals surface area contributed by atoms with E-state index in [4.69, 9.17) is 16.9 Å². The molecule has 1 atom stereocenters. The second kappa shape index (κ2) is 5.20. The number of nitrogens with one attached hydrogen (secondary N) is 1. The summed E-state index contributed by atoms with van der Waals surface area (Å²) in [5.41, 5.74) is 1.82. The van der Waals surface area contributed by atoms with Gasteiger partial charge in [0.05, 0.1) is 22.3 Å². The van der Waals surface area contributed by atoms with Crippen molar-refractivity contribution in [3.05, 3.63) is 28.8 Å². The molecule has 18 heavy (non-hydrogen) atoms. The number of anilines is 1. The van der Waals surface area contributed by atoms with Crippen LogP contribution in [0.5, 0.6) is 0 Å². The fourth-order valence-corrected chi connectivity index (χ4v) is 2.83. The molecule has 0 spiro atoms. The van der Waals surface area contributed by atoms with Crippen molar-refractivity contribution in [1.29, 1.82) is 5.26 Å². The highest BCUT2D eigenvalue weighted by Crippen LogP contribution is 2.38. The molecule has 0 aromatic heterocycles. The molecule has 96 valence electrons. The first kappa shape index (κ1) is 13.2. The molecule has 0 aliphatic heterocycles. The SMILES string of the molecule is CC1(C)CCCCC1Nc1cc(C#N)ccc1Cl. The standard InChI is InChI=1S/C15H19ClN2/c1-15(2)8-4-3-5-14(15)18-13-9-11(10-17)6-7-12(13)16/h6-7,9,14,18H,3-5,8H2,1-2H3. The van der Waals surface area contributed by atoms with Crippen LogP contribution in [0.4, 0.5) is 5.69 Å². The van der Waals surface area contributed by atoms with Crippen molar-refractivity contribution in [2.75, 3.05) is 5.32 Å². The van der Waals surface area contributed by atoms with Crippen molar-refractivity contribution in [3.63, 3.8) is 0 Å². The van der Waals surface area contributed by atoms with E-state index in [9.17, 15) is 0 Å². The summed E-state index contributed by atoms with van der Waals surface area (Å²) >= 11 is 6.19. The topological polar surface area (TPSA) is 35.8 Å². The third-order valence-electron chi connectivity index (χ3n) is 3.93. The second-order valence-electron chi connectivity index (χ2n) is 5.74. The molecule has 0 bridgehead atoms. The summed E-state index contributed by atoms with van der Waals surface area (Å²) in [7, 11) is 0. The summed E-state index contributed by atoms with van der Waals surface area (Å²) in [6.45, 7) is 4.59. The number of nitrogens with zero attached hydrogens (tertiary/aromatic N) is 1. The van der Waals surface area contributed by atoms with Crippen molar-refractivity contribution >= 4 is 17.3 Å². The van der Waals surface area contributed by atoms with Gasteiger partial charge in [-0.05, 0) is 36.5 Å². The molecule has 1 unspecified atom stereocenters. The van der Waals surface area contributed by atoms with Gasteiger partial charge in [-0.15, -0.1) is 0 Å². The second-order valence-corrected chi connectivity index (χ2v) is 6.14. The minimum Gasteiger partial charge on any atom is -0.381 e. The highest BCUT2D eigenvalue weighted by atomic mass is 35.5. The Balaban J connectivity index is 2.20. The predicted octanol–water partition coefficient (Wildman–Crippen LogP) is 4.59. The van der Waals surface area contributed by atoms with E-state index in [0.717, 1.165) is 5.69 Å². The van der Waals surface area contributed by atoms with Gasteiger partial charge >= 0.3 is 0 Å². The molecule has 1 aromatic rings. The molecule has 3 heteroatoms. The van der Waals surface area contributed by atoms with Crippen LogP contribution in [0.25, 0.3) is 0 Å². The lowest BCUT2D eigenvalue weighted by atomic mass is 9.73. The summed E-state index contributed by atoms with van der Waals surface area (Å²) in [6.07, 6.45) is 4.97. The van der Waals surface area contributed by atoms with Gasteiger partial charge in [0.25, 0.3) is 0 Å². The molecule has 0 heterocycles. The normalized spacial score (nSPS) is 22.2. The van der Waals surface area contributed by atoms with Gasteiger partial charge in [0, 0.05) is 6.04 Å². The predicted molar refractivity (Wildman–Crippen MR) is 75.8 cm³/mol. The zero-order valence-corrected chi connectivity index (χ0v) is 11.7. The molecule has 0 radical (unpaired) electrons. The maximum absolute atomic E-state index is 8.94. The summed E-state index contributed by atoms with van der Waals surface area (Å²) < 4.78 is 0. The molecular formula is C15H19ClN2. The van der Waals surface area contributed by atoms with Gasteiger partial charge in [-0.2, -0.15) is 5.26 Å². The Labute approximate surface area is 114 Å². The number of benzene rings is 1. The van der Waals surface area contributed by atoms with E-state index in [0.29, 0.717) is 16.6 Å². The van der Waals surface area contributed by atoms with Crippen LogP contribution in [0.3, 0.4) is 0 Å². The fourth-order valence-electron chi connectivity index (χ4n) is 2.65. The Bertz CT molecular complexity index is 474. The smallest absolute Gasteiger partial charge is 0.0992 e. The van der Waals surface area contributed by atoms with Crippen LogP contribution in [-0.2, 0) is 0 Å². The lowest BCUT2D eigenvalue weighted by Gasteiger charge is -2.39. The van der Waals surface area contributed by atoms with Crippen LogP contribution in [0.1, 0.15) is 45.1 Å². The monoisotopic (exact) mass is 262 g/mol. The van der Waals surface area contributed by atoms with Gasteiger partial charge < -0.3 is 5.32 Å². The van der Waals surface area contributed by atoms with Crippen LogP contribution >= 0.6 is 11.6 Å². The van der Waals surface area contributed by atoms with E-state index in [1.54, 1.807) is 12.1 Å². The van der Waals surface area contributed by atoms with Crippen LogP contribution < -0.4 is 5.32 Å². The van der Waals surface area contributed by atoms with Crippen molar-refractivity contribution < 1.29 is 0 Å². The Morgan fingerprint density at radius 1 is 1.39 bits per heavy atom. The molecule has 2 rings (SSSR count). The molecule has 2 nitrogen and oxygen atoms in total. The molecule has 1 aliphatic rings. The van der Waals surface area contributed by atoms with E-state index in [-0.39, 0.29) is 5.41 Å². The Morgan fingerprint density at radius 2 is 2.17 bits per heavy atom. The molecule has 1 N–H and O–H groups in total. The zero-order valence-electron chi connectivity index (χ0n) is 11.0. The van der Waals surface area contributed by atoms with Crippen LogP contribution in [-0.4, -0.2) is 6.04 Å². The zero-order chi connectivity index (χ0) is 13.2. The summed E-state index contributed by atoms with van der Waals surface area (Å²) in [5, 5.41) is 13.2. The number of nitriles is 1. The highest BCUT2D eigenvalue weighted by molar-refractivity contribution is 6.33. The highest BCUT2D eigenvalue weighted by Gasteiger charge is 2.32. The molecule has 1 aliphatic carbocycles. The number of hydrogen-bond acceptors (Lipinski definition) is 2. The van der Waals surface area contributed by atoms with Gasteiger partial charge in [-0.25, -0.2) is 0 Å². The van der Waals surface area contributed by atoms with Crippen LogP contribution in [0.2, 0.25) is 5.02 Å². The van der Waals surface area contributed by atoms with Gasteiger partial charge in [-0.3, -0.25) is 0 Å². The molecule has 0 saturated heterocycles. The van der Waals surface area contributed by atoms with Gasteiger partial charge in [-0.1, -0.05) is 38.3 Å². The maximum atomic E-state index is 8.94. The summed E-state index contributed by atoms with van der Waals surface area (Å²) in [6, 6.07) is 7.96. The molecule has 1 aromatic carbocycles. The number of rotatable bonds is 2. The van der Waals surface area contributed by atoms with Gasteiger partial charge in [0.2, 0.25) is 0 Å². The molecular weight excluding hydrogens is 244 g/mol. The lowest BCUT2D eigenvalue weighted by molar-refractivity contribution is 0.217. The maximum Gasteiger partial charge on any atom is 0.0992 e. The average Bonchev–Trinajstić information content (AvgIpc) is 2.34. The van der Waals surface area contributed by atoms with Crippen molar-refractivity contribution in [2.45, 2.75) is 45.6 Å². The first-order valence-electron chi connectivity index (χ1n) is 6.49. The van der Waals surface area contributed by atoms with Crippen LogP contribution in [0, 0.1) is 16.7 Å². The van der Waals surface area contributed by atoms with Crippen molar-refractivity contribution in [2.24, 2.45) is 5.41 Å². The Kier molecular flexibility index (Phi) is 3.82. The van der Waals surface area contributed by atoms with E-state index in [1.165, 1.54) is 25.7 Å². The quantitative estimate of drug-likeness (QED) is 0.846. The summed E-state index contributed by atoms with van der Waals surface area (Å²) in [5.74, 6) is 0. The molecule has 1 fully saturated rings. The molecule has 1 saturated carbocycles. The Morgan fingerprint density at radius 3 is 2.83 bits per heavy atom. The van der Waals surface area contributed by atoms with Crippen LogP contribution in [0.15, 0.2) is 18.2 Å². The third kappa shape index (κ3) is 2.79. The Hall–Kier alpha value is -1.20. The van der Waals surface area contributed by atoms with E-state index in [2.05, 4.69) is 25.2 Å². The van der Waals surface area contributed by atoms with Crippen molar-refractivity contribution in [3.8, 4) is 6.07 Å². The van der Waals surface area contributed by atoms with Gasteiger partial charge in [0.1, 0.15) is 0 Å². The van der Waals surface area contributed by atoms with E-state index >= 15 is 0 Å².